The number of aliphatic hydroxyl groups is 1. The molecule has 2 aliphatic rings. The van der Waals surface area contributed by atoms with Crippen molar-refractivity contribution in [3.05, 3.63) is 0 Å². The van der Waals surface area contributed by atoms with Gasteiger partial charge in [0.2, 0.25) is 0 Å². The number of hydrogen-bond donors (Lipinski definition) is 2. The first kappa shape index (κ1) is 14.3. The second kappa shape index (κ2) is 5.87. The zero-order valence-electron chi connectivity index (χ0n) is 11.9. The second-order valence-electron chi connectivity index (χ2n) is 6.55. The van der Waals surface area contributed by atoms with Crippen molar-refractivity contribution in [2.24, 2.45) is 5.73 Å². The van der Waals surface area contributed by atoms with Crippen LogP contribution >= 0.6 is 0 Å². The molecule has 2 saturated heterocycles. The number of aliphatic hydroxyl groups excluding tert-OH is 1. The number of nitrogens with two attached hydrogens (primary N) is 1. The Kier molecular flexibility index (Phi) is 4.64. The van der Waals surface area contributed by atoms with E-state index >= 15 is 0 Å². The van der Waals surface area contributed by atoms with Crippen molar-refractivity contribution in [2.75, 3.05) is 32.8 Å². The molecule has 3 atom stereocenters. The lowest BCUT2D eigenvalue weighted by molar-refractivity contribution is 0.0220. The molecule has 2 rings (SSSR count). The van der Waals surface area contributed by atoms with Gasteiger partial charge in [-0.2, -0.15) is 0 Å². The lowest BCUT2D eigenvalue weighted by Gasteiger charge is -2.46. The van der Waals surface area contributed by atoms with Gasteiger partial charge in [-0.15, -0.1) is 0 Å². The van der Waals surface area contributed by atoms with Crippen LogP contribution in [0.2, 0.25) is 0 Å². The van der Waals surface area contributed by atoms with Crippen LogP contribution in [0.5, 0.6) is 0 Å². The second-order valence-corrected chi connectivity index (χ2v) is 6.55. The number of rotatable bonds is 4. The van der Waals surface area contributed by atoms with E-state index in [4.69, 9.17) is 5.73 Å². The van der Waals surface area contributed by atoms with E-state index in [2.05, 4.69) is 16.7 Å². The maximum Gasteiger partial charge on any atom is 0.0609 e. The third-order valence-corrected chi connectivity index (χ3v) is 4.62. The Bertz CT molecular complexity index is 270. The number of fused-ring (bicyclic) bond motifs is 1. The van der Waals surface area contributed by atoms with Crippen molar-refractivity contribution in [2.45, 2.75) is 57.2 Å². The highest BCUT2D eigenvalue weighted by Crippen LogP contribution is 2.24. The third kappa shape index (κ3) is 3.44. The summed E-state index contributed by atoms with van der Waals surface area (Å²) in [7, 11) is 0. The fourth-order valence-electron chi connectivity index (χ4n) is 3.45. The Morgan fingerprint density at radius 2 is 2.11 bits per heavy atom. The van der Waals surface area contributed by atoms with Gasteiger partial charge in [0, 0.05) is 37.3 Å². The lowest BCUT2D eigenvalue weighted by Crippen LogP contribution is -2.58. The third-order valence-electron chi connectivity index (χ3n) is 4.62. The summed E-state index contributed by atoms with van der Waals surface area (Å²) in [5.41, 5.74) is 5.63. The molecule has 0 aromatic carbocycles. The van der Waals surface area contributed by atoms with E-state index in [0.29, 0.717) is 6.04 Å². The predicted molar refractivity (Wildman–Crippen MR) is 74.5 cm³/mol. The van der Waals surface area contributed by atoms with Crippen molar-refractivity contribution in [3.63, 3.8) is 0 Å². The fourth-order valence-corrected chi connectivity index (χ4v) is 3.45. The molecular weight excluding hydrogens is 226 g/mol. The summed E-state index contributed by atoms with van der Waals surface area (Å²) < 4.78 is 0. The van der Waals surface area contributed by atoms with Crippen LogP contribution in [0, 0.1) is 0 Å². The van der Waals surface area contributed by atoms with E-state index < -0.39 is 5.54 Å². The van der Waals surface area contributed by atoms with Gasteiger partial charge in [-0.1, -0.05) is 6.42 Å². The first-order valence-corrected chi connectivity index (χ1v) is 7.40. The number of nitrogens with zero attached hydrogens (tertiary/aromatic N) is 2. The summed E-state index contributed by atoms with van der Waals surface area (Å²) in [6.45, 7) is 9.09. The lowest BCUT2D eigenvalue weighted by atomic mass is 9.93. The van der Waals surface area contributed by atoms with Crippen LogP contribution in [0.15, 0.2) is 0 Å². The Labute approximate surface area is 111 Å². The van der Waals surface area contributed by atoms with Gasteiger partial charge in [0.15, 0.2) is 0 Å². The first-order valence-electron chi connectivity index (χ1n) is 7.40. The van der Waals surface area contributed by atoms with Gasteiger partial charge in [-0.3, -0.25) is 9.80 Å². The summed E-state index contributed by atoms with van der Waals surface area (Å²) in [6.07, 6.45) is 4.98. The molecular formula is C14H29N3O. The van der Waals surface area contributed by atoms with Crippen LogP contribution in [0.3, 0.4) is 0 Å². The van der Waals surface area contributed by atoms with Crippen molar-refractivity contribution in [1.82, 2.24) is 9.80 Å². The number of hydrogen-bond acceptors (Lipinski definition) is 4. The molecule has 0 spiro atoms. The normalized spacial score (nSPS) is 31.7. The largest absolute Gasteiger partial charge is 0.394 e. The van der Waals surface area contributed by atoms with Gasteiger partial charge in [-0.05, 0) is 39.7 Å². The molecule has 18 heavy (non-hydrogen) atoms. The monoisotopic (exact) mass is 255 g/mol. The smallest absolute Gasteiger partial charge is 0.0609 e. The first-order chi connectivity index (χ1) is 8.52. The number of piperazine rings is 1. The highest BCUT2D eigenvalue weighted by molar-refractivity contribution is 4.90. The fraction of sp³-hybridized carbons (Fsp3) is 1.00. The highest BCUT2D eigenvalue weighted by Gasteiger charge is 2.32. The van der Waals surface area contributed by atoms with E-state index in [9.17, 15) is 5.11 Å². The molecule has 0 aliphatic carbocycles. The maximum absolute atomic E-state index is 9.28. The number of piperidine rings is 1. The predicted octanol–water partition coefficient (Wildman–Crippen LogP) is 0.645. The summed E-state index contributed by atoms with van der Waals surface area (Å²) in [5.74, 6) is 0. The van der Waals surface area contributed by atoms with Crippen LogP contribution < -0.4 is 5.73 Å². The van der Waals surface area contributed by atoms with Gasteiger partial charge in [0.25, 0.3) is 0 Å². The van der Waals surface area contributed by atoms with Gasteiger partial charge in [0.05, 0.1) is 6.61 Å². The van der Waals surface area contributed by atoms with Gasteiger partial charge < -0.3 is 10.8 Å². The molecule has 3 unspecified atom stereocenters. The molecule has 2 fully saturated rings. The Hall–Kier alpha value is -0.160. The van der Waals surface area contributed by atoms with Crippen molar-refractivity contribution in [1.29, 1.82) is 0 Å². The average molecular weight is 255 g/mol. The summed E-state index contributed by atoms with van der Waals surface area (Å²) in [5, 5.41) is 9.28. The zero-order valence-corrected chi connectivity index (χ0v) is 11.9. The molecule has 4 heteroatoms. The molecule has 0 radical (unpaired) electrons. The van der Waals surface area contributed by atoms with Crippen LogP contribution in [0.4, 0.5) is 0 Å². The van der Waals surface area contributed by atoms with Gasteiger partial charge >= 0.3 is 0 Å². The van der Waals surface area contributed by atoms with Crippen LogP contribution in [-0.2, 0) is 0 Å². The molecule has 0 aromatic heterocycles. The SMILES string of the molecule is CC(CC(C)(N)CO)N1CCN2CCCCC2C1. The van der Waals surface area contributed by atoms with Crippen molar-refractivity contribution < 1.29 is 5.11 Å². The maximum atomic E-state index is 9.28. The standard InChI is InChI=1S/C14H29N3O/c1-12(9-14(2,15)11-18)17-8-7-16-6-4-3-5-13(16)10-17/h12-13,18H,3-11,15H2,1-2H3. The van der Waals surface area contributed by atoms with Crippen LogP contribution in [0.25, 0.3) is 0 Å². The van der Waals surface area contributed by atoms with E-state index in [0.717, 1.165) is 19.0 Å². The van der Waals surface area contributed by atoms with Gasteiger partial charge in [-0.25, -0.2) is 0 Å². The van der Waals surface area contributed by atoms with Gasteiger partial charge in [0.1, 0.15) is 0 Å². The quantitative estimate of drug-likeness (QED) is 0.774. The molecule has 2 aliphatic heterocycles. The van der Waals surface area contributed by atoms with E-state index in [1.165, 1.54) is 38.9 Å². The minimum absolute atomic E-state index is 0.0702. The van der Waals surface area contributed by atoms with E-state index in [1.807, 2.05) is 6.92 Å². The molecule has 0 bridgehead atoms. The van der Waals surface area contributed by atoms with Crippen molar-refractivity contribution in [3.8, 4) is 0 Å². The summed E-state index contributed by atoms with van der Waals surface area (Å²) in [6, 6.07) is 1.23. The van der Waals surface area contributed by atoms with Crippen LogP contribution in [-0.4, -0.2) is 65.3 Å². The summed E-state index contributed by atoms with van der Waals surface area (Å²) >= 11 is 0. The molecule has 106 valence electrons. The molecule has 2 heterocycles. The Morgan fingerprint density at radius 1 is 1.33 bits per heavy atom. The zero-order chi connectivity index (χ0) is 13.2. The van der Waals surface area contributed by atoms with Crippen LogP contribution in [0.1, 0.15) is 39.5 Å². The minimum Gasteiger partial charge on any atom is -0.394 e. The highest BCUT2D eigenvalue weighted by atomic mass is 16.3. The molecule has 0 saturated carbocycles. The molecule has 4 nitrogen and oxygen atoms in total. The molecule has 0 amide bonds. The topological polar surface area (TPSA) is 52.7 Å². The van der Waals surface area contributed by atoms with E-state index in [-0.39, 0.29) is 6.61 Å². The molecule has 0 aromatic rings. The Morgan fingerprint density at radius 3 is 2.83 bits per heavy atom. The van der Waals surface area contributed by atoms with E-state index in [1.54, 1.807) is 0 Å². The Balaban J connectivity index is 1.86. The minimum atomic E-state index is -0.441. The van der Waals surface area contributed by atoms with Crippen molar-refractivity contribution >= 4 is 0 Å². The molecule has 3 N–H and O–H groups in total. The average Bonchev–Trinajstić information content (AvgIpc) is 2.37. The summed E-state index contributed by atoms with van der Waals surface area (Å²) in [4.78, 5) is 5.22.